The van der Waals surface area contributed by atoms with E-state index >= 15 is 0 Å². The zero-order valence-electron chi connectivity index (χ0n) is 10.0. The van der Waals surface area contributed by atoms with Crippen LogP contribution in [0.5, 0.6) is 0 Å². The lowest BCUT2D eigenvalue weighted by Gasteiger charge is -2.20. The van der Waals surface area contributed by atoms with Gasteiger partial charge in [-0.2, -0.15) is 0 Å². The molecule has 0 fully saturated rings. The first-order valence-corrected chi connectivity index (χ1v) is 5.72. The van der Waals surface area contributed by atoms with Crippen LogP contribution in [0.25, 0.3) is 0 Å². The maximum atomic E-state index is 12.7. The normalized spacial score (nSPS) is 14.4. The van der Waals surface area contributed by atoms with E-state index in [9.17, 15) is 4.39 Å². The molecule has 1 aromatic carbocycles. The Morgan fingerprint density at radius 3 is 2.50 bits per heavy atom. The van der Waals surface area contributed by atoms with Crippen LogP contribution in [0, 0.1) is 11.7 Å². The van der Waals surface area contributed by atoms with Crippen molar-refractivity contribution >= 4 is 0 Å². The molecule has 0 heterocycles. The van der Waals surface area contributed by atoms with Gasteiger partial charge in [0.25, 0.3) is 0 Å². The smallest absolute Gasteiger partial charge is 0.123 e. The number of hydrogen-bond acceptors (Lipinski definition) is 1. The standard InChI is InChI=1S/C14H20FN/c1-4-5-11(2)12(3)16-10-13-6-8-14(15)9-7-13/h4,6-9,11-12,16H,1,5,10H2,2-3H3. The van der Waals surface area contributed by atoms with Gasteiger partial charge in [-0.05, 0) is 37.0 Å². The topological polar surface area (TPSA) is 12.0 Å². The van der Waals surface area contributed by atoms with Gasteiger partial charge in [0.15, 0.2) is 0 Å². The fourth-order valence-electron chi connectivity index (χ4n) is 1.55. The van der Waals surface area contributed by atoms with Crippen molar-refractivity contribution in [2.24, 2.45) is 5.92 Å². The highest BCUT2D eigenvalue weighted by Crippen LogP contribution is 2.09. The molecule has 0 aliphatic rings. The maximum absolute atomic E-state index is 12.7. The van der Waals surface area contributed by atoms with E-state index in [0.717, 1.165) is 18.5 Å². The summed E-state index contributed by atoms with van der Waals surface area (Å²) in [6.45, 7) is 8.89. The summed E-state index contributed by atoms with van der Waals surface area (Å²) in [5.74, 6) is 0.384. The molecule has 16 heavy (non-hydrogen) atoms. The summed E-state index contributed by atoms with van der Waals surface area (Å²) < 4.78 is 12.7. The molecule has 0 amide bonds. The number of allylic oxidation sites excluding steroid dienone is 1. The van der Waals surface area contributed by atoms with Crippen LogP contribution in [0.2, 0.25) is 0 Å². The maximum Gasteiger partial charge on any atom is 0.123 e. The van der Waals surface area contributed by atoms with E-state index in [1.54, 1.807) is 0 Å². The van der Waals surface area contributed by atoms with Crippen LogP contribution in [0.3, 0.4) is 0 Å². The van der Waals surface area contributed by atoms with Gasteiger partial charge in [0.05, 0.1) is 0 Å². The Labute approximate surface area is 97.4 Å². The van der Waals surface area contributed by atoms with Crippen molar-refractivity contribution in [3.8, 4) is 0 Å². The van der Waals surface area contributed by atoms with Crippen molar-refractivity contribution in [2.45, 2.75) is 32.9 Å². The fourth-order valence-corrected chi connectivity index (χ4v) is 1.55. The van der Waals surface area contributed by atoms with Crippen molar-refractivity contribution in [2.75, 3.05) is 0 Å². The van der Waals surface area contributed by atoms with Crippen molar-refractivity contribution < 1.29 is 4.39 Å². The second-order valence-corrected chi connectivity index (χ2v) is 4.30. The van der Waals surface area contributed by atoms with Crippen LogP contribution in [0.15, 0.2) is 36.9 Å². The van der Waals surface area contributed by atoms with Crippen molar-refractivity contribution in [1.29, 1.82) is 0 Å². The van der Waals surface area contributed by atoms with Gasteiger partial charge in [0, 0.05) is 12.6 Å². The quantitative estimate of drug-likeness (QED) is 0.725. The van der Waals surface area contributed by atoms with Crippen LogP contribution >= 0.6 is 0 Å². The summed E-state index contributed by atoms with van der Waals surface area (Å²) in [6, 6.07) is 7.05. The van der Waals surface area contributed by atoms with Crippen molar-refractivity contribution in [1.82, 2.24) is 5.32 Å². The molecule has 0 radical (unpaired) electrons. The first-order chi connectivity index (χ1) is 7.63. The molecule has 0 aromatic heterocycles. The van der Waals surface area contributed by atoms with E-state index in [0.29, 0.717) is 12.0 Å². The zero-order valence-corrected chi connectivity index (χ0v) is 10.0. The average Bonchev–Trinajstić information content (AvgIpc) is 2.28. The third-order valence-electron chi connectivity index (χ3n) is 2.93. The Balaban J connectivity index is 2.39. The Bertz CT molecular complexity index is 318. The highest BCUT2D eigenvalue weighted by molar-refractivity contribution is 5.15. The Hall–Kier alpha value is -1.15. The van der Waals surface area contributed by atoms with Crippen molar-refractivity contribution in [3.63, 3.8) is 0 Å². The van der Waals surface area contributed by atoms with Gasteiger partial charge >= 0.3 is 0 Å². The highest BCUT2D eigenvalue weighted by atomic mass is 19.1. The zero-order chi connectivity index (χ0) is 12.0. The van der Waals surface area contributed by atoms with E-state index in [1.165, 1.54) is 12.1 Å². The van der Waals surface area contributed by atoms with Crippen molar-refractivity contribution in [3.05, 3.63) is 48.3 Å². The minimum atomic E-state index is -0.183. The molecule has 0 bridgehead atoms. The third kappa shape index (κ3) is 4.15. The predicted molar refractivity (Wildman–Crippen MR) is 66.7 cm³/mol. The van der Waals surface area contributed by atoms with Crippen LogP contribution < -0.4 is 5.32 Å². The molecule has 0 saturated carbocycles. The molecule has 0 saturated heterocycles. The van der Waals surface area contributed by atoms with Crippen LogP contribution in [0.1, 0.15) is 25.8 Å². The van der Waals surface area contributed by atoms with Gasteiger partial charge < -0.3 is 5.32 Å². The monoisotopic (exact) mass is 221 g/mol. The van der Waals surface area contributed by atoms with E-state index in [4.69, 9.17) is 0 Å². The van der Waals surface area contributed by atoms with E-state index in [1.807, 2.05) is 18.2 Å². The number of nitrogens with one attached hydrogen (secondary N) is 1. The second-order valence-electron chi connectivity index (χ2n) is 4.30. The Morgan fingerprint density at radius 1 is 1.31 bits per heavy atom. The summed E-state index contributed by atoms with van der Waals surface area (Å²) in [6.07, 6.45) is 2.96. The summed E-state index contributed by atoms with van der Waals surface area (Å²) in [4.78, 5) is 0. The molecule has 0 spiro atoms. The molecule has 1 nitrogen and oxygen atoms in total. The number of halogens is 1. The van der Waals surface area contributed by atoms with Crippen LogP contribution in [-0.2, 0) is 6.54 Å². The van der Waals surface area contributed by atoms with Gasteiger partial charge in [0.2, 0.25) is 0 Å². The number of benzene rings is 1. The van der Waals surface area contributed by atoms with Gasteiger partial charge in [-0.25, -0.2) is 4.39 Å². The van der Waals surface area contributed by atoms with E-state index in [2.05, 4.69) is 25.7 Å². The van der Waals surface area contributed by atoms with Gasteiger partial charge in [0.1, 0.15) is 5.82 Å². The molecule has 1 N–H and O–H groups in total. The molecule has 88 valence electrons. The second kappa shape index (κ2) is 6.44. The van der Waals surface area contributed by atoms with E-state index in [-0.39, 0.29) is 5.82 Å². The molecule has 1 rings (SSSR count). The minimum Gasteiger partial charge on any atom is -0.310 e. The van der Waals surface area contributed by atoms with Crippen LogP contribution in [0.4, 0.5) is 4.39 Å². The summed E-state index contributed by atoms with van der Waals surface area (Å²) >= 11 is 0. The summed E-state index contributed by atoms with van der Waals surface area (Å²) in [5.41, 5.74) is 1.11. The largest absolute Gasteiger partial charge is 0.310 e. The lowest BCUT2D eigenvalue weighted by molar-refractivity contribution is 0.402. The molecule has 0 aliphatic heterocycles. The molecule has 2 unspecified atom stereocenters. The SMILES string of the molecule is C=CCC(C)C(C)NCc1ccc(F)cc1. The molecule has 1 aromatic rings. The molecular weight excluding hydrogens is 201 g/mol. The fraction of sp³-hybridized carbons (Fsp3) is 0.429. The van der Waals surface area contributed by atoms with Gasteiger partial charge in [-0.1, -0.05) is 25.1 Å². The highest BCUT2D eigenvalue weighted by Gasteiger charge is 2.09. The van der Waals surface area contributed by atoms with Gasteiger partial charge in [-0.3, -0.25) is 0 Å². The Kier molecular flexibility index (Phi) is 5.20. The average molecular weight is 221 g/mol. The summed E-state index contributed by atoms with van der Waals surface area (Å²) in [5, 5.41) is 3.43. The molecule has 0 aliphatic carbocycles. The molecular formula is C14H20FN. The Morgan fingerprint density at radius 2 is 1.94 bits per heavy atom. The number of hydrogen-bond donors (Lipinski definition) is 1. The number of rotatable bonds is 6. The van der Waals surface area contributed by atoms with Gasteiger partial charge in [-0.15, -0.1) is 6.58 Å². The summed E-state index contributed by atoms with van der Waals surface area (Å²) in [7, 11) is 0. The first kappa shape index (κ1) is 12.9. The lowest BCUT2D eigenvalue weighted by Crippen LogP contribution is -2.31. The predicted octanol–water partition coefficient (Wildman–Crippen LogP) is 3.52. The minimum absolute atomic E-state index is 0.183. The van der Waals surface area contributed by atoms with E-state index < -0.39 is 0 Å². The van der Waals surface area contributed by atoms with Crippen LogP contribution in [-0.4, -0.2) is 6.04 Å². The molecule has 2 heteroatoms. The first-order valence-electron chi connectivity index (χ1n) is 5.72. The lowest BCUT2D eigenvalue weighted by atomic mass is 10.00. The third-order valence-corrected chi connectivity index (χ3v) is 2.93. The molecule has 2 atom stereocenters.